The zero-order valence-corrected chi connectivity index (χ0v) is 20.3. The van der Waals surface area contributed by atoms with Crippen molar-refractivity contribution < 1.29 is 9.18 Å². The molecule has 8 nitrogen and oxygen atoms in total. The van der Waals surface area contributed by atoms with E-state index in [-0.39, 0.29) is 11.6 Å². The first-order valence-corrected chi connectivity index (χ1v) is 12.4. The molecular formula is C26H30FN7O. The fraction of sp³-hybridized carbons (Fsp3) is 0.423. The monoisotopic (exact) mass is 475 g/mol. The molecule has 182 valence electrons. The summed E-state index contributed by atoms with van der Waals surface area (Å²) in [5.41, 5.74) is 3.56. The van der Waals surface area contributed by atoms with Gasteiger partial charge in [0.05, 0.1) is 16.9 Å². The highest BCUT2D eigenvalue weighted by Crippen LogP contribution is 2.37. The number of amides is 1. The Balaban J connectivity index is 1.35. The third-order valence-electron chi connectivity index (χ3n) is 7.10. The number of piperazine rings is 1. The minimum absolute atomic E-state index is 0.240. The number of aromatic nitrogens is 4. The van der Waals surface area contributed by atoms with Crippen LogP contribution in [-0.2, 0) is 6.54 Å². The van der Waals surface area contributed by atoms with Crippen molar-refractivity contribution in [1.29, 1.82) is 0 Å². The van der Waals surface area contributed by atoms with Crippen LogP contribution in [-0.4, -0.2) is 50.2 Å². The standard InChI is InChI=1S/C26H30FN7O/c1-4-34-13-20-23(32-10-15(2)28-22(14-32)17-5-6-17)8-7-19(24(20)31-34)26(35)30-18-9-21(27)25-29-16(3)11-33(25)12-18/h7-9,11-13,15,17,22,28H,4-6,10,14H2,1-3H3,(H,30,35)/t15-,22+/m1/s1. The van der Waals surface area contributed by atoms with Gasteiger partial charge in [-0.2, -0.15) is 5.10 Å². The molecule has 0 spiro atoms. The Labute approximate surface area is 203 Å². The van der Waals surface area contributed by atoms with Gasteiger partial charge in [-0.3, -0.25) is 9.48 Å². The molecule has 2 aliphatic rings. The zero-order valence-electron chi connectivity index (χ0n) is 20.3. The average molecular weight is 476 g/mol. The average Bonchev–Trinajstić information content (AvgIpc) is 3.47. The van der Waals surface area contributed by atoms with E-state index in [9.17, 15) is 9.18 Å². The first-order valence-electron chi connectivity index (χ1n) is 12.4. The number of rotatable bonds is 5. The second-order valence-electron chi connectivity index (χ2n) is 9.94. The summed E-state index contributed by atoms with van der Waals surface area (Å²) >= 11 is 0. The largest absolute Gasteiger partial charge is 0.368 e. The van der Waals surface area contributed by atoms with Gasteiger partial charge in [0.15, 0.2) is 11.5 Å². The Hall–Kier alpha value is -3.46. The van der Waals surface area contributed by atoms with Crippen LogP contribution < -0.4 is 15.5 Å². The van der Waals surface area contributed by atoms with Crippen LogP contribution in [0.25, 0.3) is 16.6 Å². The van der Waals surface area contributed by atoms with Crippen LogP contribution in [0.15, 0.2) is 36.8 Å². The molecule has 2 fully saturated rings. The van der Waals surface area contributed by atoms with Gasteiger partial charge in [0.1, 0.15) is 5.52 Å². The van der Waals surface area contributed by atoms with Crippen molar-refractivity contribution >= 4 is 33.8 Å². The first kappa shape index (κ1) is 22.0. The zero-order chi connectivity index (χ0) is 24.3. The number of nitrogens with zero attached hydrogens (tertiary/aromatic N) is 5. The van der Waals surface area contributed by atoms with Crippen LogP contribution in [0.1, 0.15) is 42.7 Å². The summed E-state index contributed by atoms with van der Waals surface area (Å²) in [7, 11) is 0. The normalized spacial score (nSPS) is 20.6. The van der Waals surface area contributed by atoms with Gasteiger partial charge in [0.2, 0.25) is 0 Å². The van der Waals surface area contributed by atoms with Gasteiger partial charge in [-0.15, -0.1) is 0 Å². The van der Waals surface area contributed by atoms with Crippen LogP contribution >= 0.6 is 0 Å². The topological polar surface area (TPSA) is 79.5 Å². The lowest BCUT2D eigenvalue weighted by molar-refractivity contribution is 0.102. The van der Waals surface area contributed by atoms with E-state index >= 15 is 0 Å². The van der Waals surface area contributed by atoms with Crippen molar-refractivity contribution in [2.45, 2.75) is 52.2 Å². The quantitative estimate of drug-likeness (QED) is 0.457. The van der Waals surface area contributed by atoms with Crippen molar-refractivity contribution in [3.8, 4) is 0 Å². The second-order valence-corrected chi connectivity index (χ2v) is 9.94. The van der Waals surface area contributed by atoms with Crippen LogP contribution in [0.3, 0.4) is 0 Å². The highest BCUT2D eigenvalue weighted by atomic mass is 19.1. The first-order chi connectivity index (χ1) is 16.9. The number of imidazole rings is 1. The van der Waals surface area contributed by atoms with Crippen molar-refractivity contribution in [2.24, 2.45) is 5.92 Å². The van der Waals surface area contributed by atoms with E-state index in [1.807, 2.05) is 29.9 Å². The minimum atomic E-state index is -0.482. The molecule has 3 aromatic heterocycles. The fourth-order valence-corrected chi connectivity index (χ4v) is 5.30. The predicted octanol–water partition coefficient (Wildman–Crippen LogP) is 3.98. The smallest absolute Gasteiger partial charge is 0.257 e. The second kappa shape index (κ2) is 8.34. The van der Waals surface area contributed by atoms with Gasteiger partial charge >= 0.3 is 0 Å². The molecule has 1 saturated carbocycles. The number of carbonyl (C=O) groups excluding carboxylic acids is 1. The molecule has 2 atom stereocenters. The van der Waals surface area contributed by atoms with Gasteiger partial charge in [0, 0.05) is 67.4 Å². The van der Waals surface area contributed by atoms with Crippen LogP contribution in [0.5, 0.6) is 0 Å². The number of halogens is 1. The molecule has 35 heavy (non-hydrogen) atoms. The number of hydrogen-bond donors (Lipinski definition) is 2. The molecular weight excluding hydrogens is 445 g/mol. The molecule has 2 N–H and O–H groups in total. The van der Waals surface area contributed by atoms with E-state index in [0.717, 1.165) is 30.1 Å². The molecule has 0 radical (unpaired) electrons. The Bertz CT molecular complexity index is 1440. The highest BCUT2D eigenvalue weighted by Gasteiger charge is 2.36. The van der Waals surface area contributed by atoms with Crippen molar-refractivity contribution in [3.63, 3.8) is 0 Å². The van der Waals surface area contributed by atoms with Gasteiger partial charge in [-0.1, -0.05) is 0 Å². The number of anilines is 2. The predicted molar refractivity (Wildman–Crippen MR) is 135 cm³/mol. The summed E-state index contributed by atoms with van der Waals surface area (Å²) in [5.74, 6) is -0.0381. The summed E-state index contributed by atoms with van der Waals surface area (Å²) in [6, 6.07) is 6.06. The molecule has 1 aromatic carbocycles. The summed E-state index contributed by atoms with van der Waals surface area (Å²) in [4.78, 5) is 19.9. The lowest BCUT2D eigenvalue weighted by Crippen LogP contribution is -2.56. The Kier molecular flexibility index (Phi) is 5.25. The van der Waals surface area contributed by atoms with Crippen molar-refractivity contribution in [2.75, 3.05) is 23.3 Å². The molecule has 0 unspecified atom stereocenters. The van der Waals surface area contributed by atoms with E-state index in [2.05, 4.69) is 27.4 Å². The number of nitrogens with one attached hydrogen (secondary N) is 2. The van der Waals surface area contributed by atoms with Gasteiger partial charge in [-0.05, 0) is 51.7 Å². The lowest BCUT2D eigenvalue weighted by atomic mass is 10.0. The van der Waals surface area contributed by atoms with Gasteiger partial charge < -0.3 is 19.9 Å². The third-order valence-corrected chi connectivity index (χ3v) is 7.10. The number of benzene rings is 1. The maximum Gasteiger partial charge on any atom is 0.257 e. The Morgan fingerprint density at radius 1 is 1.23 bits per heavy atom. The molecule has 4 aromatic rings. The Morgan fingerprint density at radius 3 is 2.83 bits per heavy atom. The van der Waals surface area contributed by atoms with E-state index in [4.69, 9.17) is 5.10 Å². The molecule has 4 heterocycles. The highest BCUT2D eigenvalue weighted by molar-refractivity contribution is 6.13. The number of hydrogen-bond acceptors (Lipinski definition) is 5. The van der Waals surface area contributed by atoms with E-state index in [1.54, 1.807) is 23.7 Å². The summed E-state index contributed by atoms with van der Waals surface area (Å²) < 4.78 is 18.0. The molecule has 0 bridgehead atoms. The van der Waals surface area contributed by atoms with Crippen molar-refractivity contribution in [1.82, 2.24) is 24.5 Å². The molecule has 9 heteroatoms. The van der Waals surface area contributed by atoms with Crippen LogP contribution in [0.4, 0.5) is 15.8 Å². The maximum absolute atomic E-state index is 14.5. The van der Waals surface area contributed by atoms with Gasteiger partial charge in [0.25, 0.3) is 5.91 Å². The number of fused-ring (bicyclic) bond motifs is 2. The number of carbonyl (C=O) groups is 1. The molecule has 1 amide bonds. The lowest BCUT2D eigenvalue weighted by Gasteiger charge is -2.39. The number of pyridine rings is 1. The van der Waals surface area contributed by atoms with E-state index in [0.29, 0.717) is 41.1 Å². The summed E-state index contributed by atoms with van der Waals surface area (Å²) in [6.45, 7) is 8.64. The van der Waals surface area contributed by atoms with Crippen LogP contribution in [0.2, 0.25) is 0 Å². The minimum Gasteiger partial charge on any atom is -0.368 e. The van der Waals surface area contributed by atoms with Crippen LogP contribution in [0, 0.1) is 18.7 Å². The summed E-state index contributed by atoms with van der Waals surface area (Å²) in [6.07, 6.45) is 8.03. The fourth-order valence-electron chi connectivity index (χ4n) is 5.30. The third kappa shape index (κ3) is 4.03. The SMILES string of the molecule is CCn1cc2c(N3C[C@@H](C)N[C@H](C4CC4)C3)ccc(C(=O)Nc3cc(F)c4nc(C)cn4c3)c2n1. The number of aryl methyl sites for hydroxylation is 2. The van der Waals surface area contributed by atoms with Gasteiger partial charge in [-0.25, -0.2) is 9.37 Å². The molecule has 1 aliphatic carbocycles. The Morgan fingerprint density at radius 2 is 2.06 bits per heavy atom. The summed E-state index contributed by atoms with van der Waals surface area (Å²) in [5, 5.41) is 12.3. The maximum atomic E-state index is 14.5. The van der Waals surface area contributed by atoms with Crippen molar-refractivity contribution in [3.05, 3.63) is 53.9 Å². The van der Waals surface area contributed by atoms with E-state index < -0.39 is 5.82 Å². The molecule has 6 rings (SSSR count). The van der Waals surface area contributed by atoms with E-state index in [1.165, 1.54) is 18.9 Å². The molecule has 1 saturated heterocycles. The molecule has 1 aliphatic heterocycles.